The number of thiophene rings is 1. The van der Waals surface area contributed by atoms with Gasteiger partial charge in [0.2, 0.25) is 0 Å². The molecule has 0 bridgehead atoms. The van der Waals surface area contributed by atoms with Crippen molar-refractivity contribution in [1.29, 1.82) is 5.26 Å². The first-order chi connectivity index (χ1) is 10.5. The molecule has 1 atom stereocenters. The third-order valence-electron chi connectivity index (χ3n) is 3.98. The maximum Gasteiger partial charge on any atom is 0.349 e. The van der Waals surface area contributed by atoms with Crippen molar-refractivity contribution < 1.29 is 14.3 Å². The Morgan fingerprint density at radius 3 is 2.64 bits per heavy atom. The molecule has 1 amide bonds. The molecule has 6 heteroatoms. The predicted molar refractivity (Wildman–Crippen MR) is 83.5 cm³/mol. The van der Waals surface area contributed by atoms with E-state index in [4.69, 9.17) is 4.74 Å². The van der Waals surface area contributed by atoms with E-state index in [-0.39, 0.29) is 0 Å². The summed E-state index contributed by atoms with van der Waals surface area (Å²) in [4.78, 5) is 24.8. The molecule has 0 unspecified atom stereocenters. The lowest BCUT2D eigenvalue weighted by molar-refractivity contribution is -0.130. The normalized spacial score (nSPS) is 18.0. The zero-order chi connectivity index (χ0) is 16.2. The largest absolute Gasteiger partial charge is 0.448 e. The van der Waals surface area contributed by atoms with Gasteiger partial charge in [0.05, 0.1) is 6.07 Å². The minimum Gasteiger partial charge on any atom is -0.448 e. The monoisotopic (exact) mass is 320 g/mol. The number of carbonyl (C=O) groups excluding carboxylic acids is 2. The fourth-order valence-corrected chi connectivity index (χ4v) is 3.41. The lowest BCUT2D eigenvalue weighted by atomic mass is 9.83. The average molecular weight is 320 g/mol. The van der Waals surface area contributed by atoms with Crippen LogP contribution in [0.3, 0.4) is 0 Å². The SMILES string of the molecule is Cc1ccsc1C(=O)O[C@@H](C)C(=O)NC1(C#N)CCCCC1. The molecular formula is C16H20N2O3S. The number of nitriles is 1. The van der Waals surface area contributed by atoms with Crippen molar-refractivity contribution in [3.63, 3.8) is 0 Å². The summed E-state index contributed by atoms with van der Waals surface area (Å²) < 4.78 is 5.22. The fourth-order valence-electron chi connectivity index (χ4n) is 2.61. The third kappa shape index (κ3) is 3.66. The first-order valence-corrected chi connectivity index (χ1v) is 8.34. The van der Waals surface area contributed by atoms with E-state index in [1.807, 2.05) is 18.4 Å². The second-order valence-corrected chi connectivity index (χ2v) is 6.64. The number of aryl methyl sites for hydroxylation is 1. The van der Waals surface area contributed by atoms with Crippen molar-refractivity contribution >= 4 is 23.2 Å². The van der Waals surface area contributed by atoms with Crippen LogP contribution in [0.15, 0.2) is 11.4 Å². The van der Waals surface area contributed by atoms with Crippen molar-refractivity contribution in [3.05, 3.63) is 21.9 Å². The molecule has 1 fully saturated rings. The minimum absolute atomic E-state index is 0.411. The van der Waals surface area contributed by atoms with E-state index in [2.05, 4.69) is 11.4 Å². The van der Waals surface area contributed by atoms with E-state index in [1.165, 1.54) is 18.3 Å². The summed E-state index contributed by atoms with van der Waals surface area (Å²) in [5, 5.41) is 14.0. The van der Waals surface area contributed by atoms with E-state index >= 15 is 0 Å². The Bertz CT molecular complexity index is 597. The lowest BCUT2D eigenvalue weighted by Crippen LogP contribution is -2.52. The Labute approximate surface area is 134 Å². The summed E-state index contributed by atoms with van der Waals surface area (Å²) in [6.45, 7) is 3.36. The summed E-state index contributed by atoms with van der Waals surface area (Å²) in [7, 11) is 0. The summed E-state index contributed by atoms with van der Waals surface area (Å²) in [6, 6.07) is 4.05. The van der Waals surface area contributed by atoms with E-state index < -0.39 is 23.5 Å². The molecule has 1 aliphatic carbocycles. The highest BCUT2D eigenvalue weighted by atomic mass is 32.1. The Morgan fingerprint density at radius 1 is 1.41 bits per heavy atom. The van der Waals surface area contributed by atoms with Gasteiger partial charge in [-0.3, -0.25) is 4.79 Å². The molecule has 1 aromatic heterocycles. The summed E-state index contributed by atoms with van der Waals surface area (Å²) in [6.07, 6.45) is 3.33. The molecule has 2 rings (SSSR count). The highest BCUT2D eigenvalue weighted by Crippen LogP contribution is 2.27. The van der Waals surface area contributed by atoms with Crippen LogP contribution in [0.2, 0.25) is 0 Å². The quantitative estimate of drug-likeness (QED) is 0.865. The van der Waals surface area contributed by atoms with Crippen LogP contribution in [0, 0.1) is 18.3 Å². The first kappa shape index (κ1) is 16.5. The van der Waals surface area contributed by atoms with Gasteiger partial charge in [-0.15, -0.1) is 11.3 Å². The van der Waals surface area contributed by atoms with Gasteiger partial charge in [0.25, 0.3) is 5.91 Å². The lowest BCUT2D eigenvalue weighted by Gasteiger charge is -2.32. The van der Waals surface area contributed by atoms with Gasteiger partial charge in [0, 0.05) is 0 Å². The van der Waals surface area contributed by atoms with Crippen molar-refractivity contribution in [2.45, 2.75) is 57.6 Å². The third-order valence-corrected chi connectivity index (χ3v) is 4.98. The minimum atomic E-state index is -0.916. The summed E-state index contributed by atoms with van der Waals surface area (Å²) in [5.74, 6) is -0.907. The molecule has 1 aliphatic rings. The topological polar surface area (TPSA) is 79.2 Å². The van der Waals surface area contributed by atoms with E-state index in [0.29, 0.717) is 17.7 Å². The number of nitrogens with zero attached hydrogens (tertiary/aromatic N) is 1. The van der Waals surface area contributed by atoms with Crippen LogP contribution in [0.4, 0.5) is 0 Å². The maximum atomic E-state index is 12.2. The second-order valence-electron chi connectivity index (χ2n) is 5.72. The van der Waals surface area contributed by atoms with Crippen molar-refractivity contribution in [1.82, 2.24) is 5.32 Å². The molecule has 0 aromatic carbocycles. The van der Waals surface area contributed by atoms with E-state index in [0.717, 1.165) is 24.8 Å². The molecule has 0 spiro atoms. The van der Waals surface area contributed by atoms with Crippen molar-refractivity contribution in [2.75, 3.05) is 0 Å². The fraction of sp³-hybridized carbons (Fsp3) is 0.562. The molecule has 0 saturated heterocycles. The van der Waals surface area contributed by atoms with Crippen LogP contribution < -0.4 is 5.32 Å². The molecule has 1 heterocycles. The Morgan fingerprint density at radius 2 is 2.09 bits per heavy atom. The van der Waals surface area contributed by atoms with Gasteiger partial charge in [-0.2, -0.15) is 5.26 Å². The van der Waals surface area contributed by atoms with Crippen LogP contribution in [-0.2, 0) is 9.53 Å². The van der Waals surface area contributed by atoms with Gasteiger partial charge in [0.15, 0.2) is 6.10 Å². The van der Waals surface area contributed by atoms with Gasteiger partial charge in [-0.25, -0.2) is 4.79 Å². The van der Waals surface area contributed by atoms with Gasteiger partial charge in [-0.1, -0.05) is 19.3 Å². The van der Waals surface area contributed by atoms with Crippen LogP contribution in [0.1, 0.15) is 54.3 Å². The molecule has 5 nitrogen and oxygen atoms in total. The summed E-state index contributed by atoms with van der Waals surface area (Å²) in [5.41, 5.74) is 0.0258. The molecule has 1 saturated carbocycles. The van der Waals surface area contributed by atoms with Crippen molar-refractivity contribution in [2.24, 2.45) is 0 Å². The van der Waals surface area contributed by atoms with E-state index in [1.54, 1.807) is 0 Å². The molecule has 0 radical (unpaired) electrons. The van der Waals surface area contributed by atoms with Gasteiger partial charge >= 0.3 is 5.97 Å². The second kappa shape index (κ2) is 6.93. The van der Waals surface area contributed by atoms with Gasteiger partial charge in [-0.05, 0) is 43.7 Å². The number of hydrogen-bond acceptors (Lipinski definition) is 5. The first-order valence-electron chi connectivity index (χ1n) is 7.46. The number of ether oxygens (including phenoxy) is 1. The van der Waals surface area contributed by atoms with Gasteiger partial charge < -0.3 is 10.1 Å². The molecule has 1 aromatic rings. The van der Waals surface area contributed by atoms with E-state index in [9.17, 15) is 14.9 Å². The van der Waals surface area contributed by atoms with Crippen LogP contribution >= 0.6 is 11.3 Å². The zero-order valence-electron chi connectivity index (χ0n) is 12.8. The number of amides is 1. The average Bonchev–Trinajstić information content (AvgIpc) is 2.94. The number of carbonyl (C=O) groups is 2. The molecule has 0 aliphatic heterocycles. The highest BCUT2D eigenvalue weighted by Gasteiger charge is 2.35. The predicted octanol–water partition coefficient (Wildman–Crippen LogP) is 2.94. The Kier molecular flexibility index (Phi) is 5.19. The zero-order valence-corrected chi connectivity index (χ0v) is 13.7. The number of hydrogen-bond donors (Lipinski definition) is 1. The standard InChI is InChI=1S/C16H20N2O3S/c1-11-6-9-22-13(11)15(20)21-12(2)14(19)18-16(10-17)7-4-3-5-8-16/h6,9,12H,3-5,7-8H2,1-2H3,(H,18,19)/t12-/m0/s1. The summed E-state index contributed by atoms with van der Waals surface area (Å²) >= 11 is 1.29. The van der Waals surface area contributed by atoms with Gasteiger partial charge in [0.1, 0.15) is 10.4 Å². The highest BCUT2D eigenvalue weighted by molar-refractivity contribution is 7.12. The maximum absolute atomic E-state index is 12.2. The Hall–Kier alpha value is -1.87. The number of rotatable bonds is 4. The van der Waals surface area contributed by atoms with Crippen LogP contribution in [-0.4, -0.2) is 23.5 Å². The number of esters is 1. The van der Waals surface area contributed by atoms with Crippen molar-refractivity contribution in [3.8, 4) is 6.07 Å². The molecule has 1 N–H and O–H groups in total. The molecular weight excluding hydrogens is 300 g/mol. The van der Waals surface area contributed by atoms with Crippen LogP contribution in [0.25, 0.3) is 0 Å². The Balaban J connectivity index is 1.96. The number of nitrogens with one attached hydrogen (secondary N) is 1. The van der Waals surface area contributed by atoms with Crippen LogP contribution in [0.5, 0.6) is 0 Å². The molecule has 22 heavy (non-hydrogen) atoms. The molecule has 118 valence electrons. The smallest absolute Gasteiger partial charge is 0.349 e.